The molecule has 5 rings (SSSR count). The van der Waals surface area contributed by atoms with Gasteiger partial charge in [-0.25, -0.2) is 0 Å². The summed E-state index contributed by atoms with van der Waals surface area (Å²) in [7, 11) is 0. The number of fused-ring (bicyclic) bond motifs is 6. The van der Waals surface area contributed by atoms with Crippen LogP contribution in [0.5, 0.6) is 11.5 Å². The van der Waals surface area contributed by atoms with Crippen molar-refractivity contribution in [2.45, 2.75) is 18.3 Å². The second kappa shape index (κ2) is 4.72. The summed E-state index contributed by atoms with van der Waals surface area (Å²) in [5.74, 6) is 1.21. The molecule has 0 amide bonds. The number of aliphatic hydroxyl groups is 1. The Labute approximate surface area is 139 Å². The Bertz CT molecular complexity index is 898. The van der Waals surface area contributed by atoms with Gasteiger partial charge < -0.3 is 19.7 Å². The minimum atomic E-state index is -0.694. The average molecular weight is 320 g/mol. The lowest BCUT2D eigenvalue weighted by atomic mass is 9.71. The number of hydrogen-bond donors (Lipinski definition) is 2. The number of ether oxygens (including phenoxy) is 2. The summed E-state index contributed by atoms with van der Waals surface area (Å²) >= 11 is 0. The van der Waals surface area contributed by atoms with Crippen LogP contribution in [0.25, 0.3) is 0 Å². The third-order valence-corrected chi connectivity index (χ3v) is 5.05. The van der Waals surface area contributed by atoms with Crippen molar-refractivity contribution in [1.82, 2.24) is 0 Å². The summed E-state index contributed by atoms with van der Waals surface area (Å²) in [6.07, 6.45) is 4.74. The third-order valence-electron chi connectivity index (χ3n) is 5.05. The lowest BCUT2D eigenvalue weighted by Crippen LogP contribution is -2.42. The van der Waals surface area contributed by atoms with Gasteiger partial charge in [0.25, 0.3) is 0 Å². The van der Waals surface area contributed by atoms with Gasteiger partial charge in [-0.2, -0.15) is 0 Å². The Morgan fingerprint density at radius 2 is 1.92 bits per heavy atom. The molecule has 2 heterocycles. The van der Waals surface area contributed by atoms with E-state index in [1.807, 2.05) is 24.3 Å². The highest BCUT2D eigenvalue weighted by Crippen LogP contribution is 2.56. The maximum atomic E-state index is 9.94. The quantitative estimate of drug-likeness (QED) is 0.733. The van der Waals surface area contributed by atoms with Crippen molar-refractivity contribution in [3.8, 4) is 11.5 Å². The van der Waals surface area contributed by atoms with Crippen molar-refractivity contribution in [3.05, 3.63) is 83.1 Å². The number of aromatic hydroxyl groups is 1. The molecule has 0 aromatic heterocycles. The fourth-order valence-corrected chi connectivity index (χ4v) is 4.04. The minimum Gasteiger partial charge on any atom is -0.508 e. The smallest absolute Gasteiger partial charge is 0.137 e. The van der Waals surface area contributed by atoms with Crippen LogP contribution in [0.4, 0.5) is 0 Å². The fraction of sp³-hybridized carbons (Fsp3) is 0.200. The van der Waals surface area contributed by atoms with Gasteiger partial charge in [0.05, 0.1) is 18.6 Å². The predicted octanol–water partition coefficient (Wildman–Crippen LogP) is 2.99. The van der Waals surface area contributed by atoms with Gasteiger partial charge in [-0.05, 0) is 29.3 Å². The first-order chi connectivity index (χ1) is 11.7. The monoisotopic (exact) mass is 320 g/mol. The molecule has 4 heteroatoms. The van der Waals surface area contributed by atoms with E-state index in [1.165, 1.54) is 0 Å². The van der Waals surface area contributed by atoms with Crippen LogP contribution < -0.4 is 4.74 Å². The minimum absolute atomic E-state index is 0.140. The molecule has 0 bridgehead atoms. The van der Waals surface area contributed by atoms with Crippen LogP contribution in [-0.2, 0) is 16.9 Å². The van der Waals surface area contributed by atoms with E-state index >= 15 is 0 Å². The zero-order valence-corrected chi connectivity index (χ0v) is 12.8. The molecule has 24 heavy (non-hydrogen) atoms. The summed E-state index contributed by atoms with van der Waals surface area (Å²) < 4.78 is 12.4. The number of phenols is 1. The molecule has 0 saturated carbocycles. The van der Waals surface area contributed by atoms with E-state index in [-0.39, 0.29) is 11.7 Å². The highest BCUT2D eigenvalue weighted by molar-refractivity contribution is 5.57. The summed E-state index contributed by atoms with van der Waals surface area (Å²) in [5, 5.41) is 19.8. The van der Waals surface area contributed by atoms with E-state index in [9.17, 15) is 10.2 Å². The topological polar surface area (TPSA) is 58.9 Å². The van der Waals surface area contributed by atoms with E-state index < -0.39 is 11.7 Å². The molecule has 0 saturated heterocycles. The highest BCUT2D eigenvalue weighted by atomic mass is 16.5. The first-order valence-electron chi connectivity index (χ1n) is 8.00. The zero-order chi connectivity index (χ0) is 16.3. The third kappa shape index (κ3) is 1.70. The first-order valence-corrected chi connectivity index (χ1v) is 8.00. The molecule has 2 aromatic carbocycles. The average Bonchev–Trinajstić information content (AvgIpc) is 2.95. The Kier molecular flexibility index (Phi) is 2.72. The molecule has 120 valence electrons. The zero-order valence-electron chi connectivity index (χ0n) is 12.8. The van der Waals surface area contributed by atoms with Crippen molar-refractivity contribution in [2.24, 2.45) is 5.92 Å². The van der Waals surface area contributed by atoms with E-state index in [4.69, 9.17) is 9.47 Å². The SMILES string of the molecule is Oc1ccc2c(c1)OC1=CC(O)C=CC1C21OCc2ccccc21. The van der Waals surface area contributed by atoms with E-state index in [2.05, 4.69) is 12.1 Å². The second-order valence-electron chi connectivity index (χ2n) is 6.39. The molecule has 1 spiro atoms. The molecule has 0 fully saturated rings. The Hall–Kier alpha value is -2.56. The van der Waals surface area contributed by atoms with E-state index in [0.717, 1.165) is 16.7 Å². The molecule has 4 nitrogen and oxygen atoms in total. The lowest BCUT2D eigenvalue weighted by molar-refractivity contribution is -0.0458. The summed E-state index contributed by atoms with van der Waals surface area (Å²) in [5.41, 5.74) is 2.46. The van der Waals surface area contributed by atoms with E-state index in [0.29, 0.717) is 18.1 Å². The molecule has 2 aromatic rings. The van der Waals surface area contributed by atoms with Gasteiger partial charge >= 0.3 is 0 Å². The molecule has 1 aliphatic carbocycles. The number of benzene rings is 2. The van der Waals surface area contributed by atoms with Gasteiger partial charge in [-0.3, -0.25) is 0 Å². The summed E-state index contributed by atoms with van der Waals surface area (Å²) in [6, 6.07) is 13.3. The number of aliphatic hydroxyl groups excluding tert-OH is 1. The number of hydrogen-bond acceptors (Lipinski definition) is 4. The molecular weight excluding hydrogens is 304 g/mol. The van der Waals surface area contributed by atoms with Crippen molar-refractivity contribution in [1.29, 1.82) is 0 Å². The molecule has 0 radical (unpaired) electrons. The van der Waals surface area contributed by atoms with Gasteiger partial charge in [0, 0.05) is 11.6 Å². The molecule has 3 unspecified atom stereocenters. The molecular formula is C20H16O4. The van der Waals surface area contributed by atoms with Crippen LogP contribution in [0.15, 0.2) is 66.5 Å². The summed E-state index contributed by atoms with van der Waals surface area (Å²) in [6.45, 7) is 0.524. The van der Waals surface area contributed by atoms with Crippen molar-refractivity contribution < 1.29 is 19.7 Å². The van der Waals surface area contributed by atoms with Crippen LogP contribution in [0.2, 0.25) is 0 Å². The predicted molar refractivity (Wildman–Crippen MR) is 87.5 cm³/mol. The second-order valence-corrected chi connectivity index (χ2v) is 6.39. The van der Waals surface area contributed by atoms with Crippen LogP contribution in [0.3, 0.4) is 0 Å². The maximum absolute atomic E-state index is 9.94. The van der Waals surface area contributed by atoms with Crippen LogP contribution in [0.1, 0.15) is 16.7 Å². The Balaban J connectivity index is 1.82. The van der Waals surface area contributed by atoms with Crippen molar-refractivity contribution in [2.75, 3.05) is 0 Å². The lowest BCUT2D eigenvalue weighted by Gasteiger charge is -2.43. The largest absolute Gasteiger partial charge is 0.508 e. The first kappa shape index (κ1) is 13.8. The van der Waals surface area contributed by atoms with Crippen LogP contribution in [-0.4, -0.2) is 16.3 Å². The van der Waals surface area contributed by atoms with Gasteiger partial charge in [0.1, 0.15) is 22.9 Å². The number of phenolic OH excluding ortho intramolecular Hbond substituents is 1. The standard InChI is InChI=1S/C20H16O4/c21-13-5-7-16-18(9-13)24-19-10-14(22)6-8-17(19)20(16)15-4-2-1-3-12(15)11-23-20/h1-10,13,16,21-22H,11H2. The van der Waals surface area contributed by atoms with Crippen LogP contribution in [0, 0.1) is 5.92 Å². The Morgan fingerprint density at radius 3 is 2.83 bits per heavy atom. The molecule has 3 aliphatic rings. The van der Waals surface area contributed by atoms with Gasteiger partial charge in [0.15, 0.2) is 0 Å². The van der Waals surface area contributed by atoms with Crippen LogP contribution >= 0.6 is 0 Å². The normalized spacial score (nSPS) is 29.5. The highest BCUT2D eigenvalue weighted by Gasteiger charge is 2.54. The Morgan fingerprint density at radius 1 is 1.04 bits per heavy atom. The van der Waals surface area contributed by atoms with Crippen molar-refractivity contribution in [3.63, 3.8) is 0 Å². The van der Waals surface area contributed by atoms with Gasteiger partial charge in [-0.15, -0.1) is 0 Å². The molecule has 3 atom stereocenters. The number of rotatable bonds is 0. The maximum Gasteiger partial charge on any atom is 0.137 e. The van der Waals surface area contributed by atoms with E-state index in [1.54, 1.807) is 24.3 Å². The summed E-state index contributed by atoms with van der Waals surface area (Å²) in [4.78, 5) is 0. The van der Waals surface area contributed by atoms with Gasteiger partial charge in [-0.1, -0.05) is 36.4 Å². The fourth-order valence-electron chi connectivity index (χ4n) is 4.04. The van der Waals surface area contributed by atoms with Gasteiger partial charge in [0.2, 0.25) is 0 Å². The molecule has 2 aliphatic heterocycles. The molecule has 2 N–H and O–H groups in total. The van der Waals surface area contributed by atoms with Crippen molar-refractivity contribution >= 4 is 0 Å².